The van der Waals surface area contributed by atoms with Gasteiger partial charge in [-0.05, 0) is 55.3 Å². The number of nitrogens with zero attached hydrogens (tertiary/aromatic N) is 3. The van der Waals surface area contributed by atoms with Crippen LogP contribution in [0.25, 0.3) is 0 Å². The third kappa shape index (κ3) is 4.04. The Morgan fingerprint density at radius 3 is 3.04 bits per heavy atom. The van der Waals surface area contributed by atoms with E-state index in [1.807, 2.05) is 19.1 Å². The van der Waals surface area contributed by atoms with Crippen molar-refractivity contribution in [2.75, 3.05) is 0 Å². The summed E-state index contributed by atoms with van der Waals surface area (Å²) < 4.78 is 9.73. The molecule has 0 bridgehead atoms. The van der Waals surface area contributed by atoms with Gasteiger partial charge in [-0.2, -0.15) is 0 Å². The zero-order valence-corrected chi connectivity index (χ0v) is 13.9. The Morgan fingerprint density at radius 2 is 2.26 bits per heavy atom. The molecule has 6 nitrogen and oxygen atoms in total. The third-order valence-corrected chi connectivity index (χ3v) is 4.71. The van der Waals surface area contributed by atoms with E-state index in [2.05, 4.69) is 19.9 Å². The molecule has 0 spiro atoms. The Balaban J connectivity index is 1.58. The number of pyridine rings is 1. The summed E-state index contributed by atoms with van der Waals surface area (Å²) in [5.41, 5.74) is 1.71. The lowest BCUT2D eigenvalue weighted by molar-refractivity contribution is 0.0953. The van der Waals surface area contributed by atoms with Gasteiger partial charge in [-0.3, -0.25) is 4.79 Å². The van der Waals surface area contributed by atoms with Crippen LogP contribution in [0.1, 0.15) is 53.5 Å². The fraction of sp³-hybridized carbons (Fsp3) is 0.500. The molecule has 0 aliphatic heterocycles. The maximum absolute atomic E-state index is 12.2. The highest BCUT2D eigenvalue weighted by Crippen LogP contribution is 2.23. The summed E-state index contributed by atoms with van der Waals surface area (Å²) in [4.78, 5) is 17.0. The molecule has 7 heteroatoms. The predicted molar refractivity (Wildman–Crippen MR) is 87.6 cm³/mol. The first kappa shape index (κ1) is 15.9. The Kier molecular flexibility index (Phi) is 5.17. The number of carbonyl (C=O) groups excluding carboxylic acids is 1. The molecule has 2 aromatic heterocycles. The molecule has 1 aliphatic carbocycles. The fourth-order valence-electron chi connectivity index (χ4n) is 2.68. The first-order valence-corrected chi connectivity index (χ1v) is 8.74. The van der Waals surface area contributed by atoms with Crippen LogP contribution in [-0.2, 0) is 13.0 Å². The van der Waals surface area contributed by atoms with E-state index in [0.717, 1.165) is 35.6 Å². The van der Waals surface area contributed by atoms with E-state index in [-0.39, 0.29) is 12.0 Å². The lowest BCUT2D eigenvalue weighted by Gasteiger charge is -2.12. The van der Waals surface area contributed by atoms with Crippen molar-refractivity contribution in [1.29, 1.82) is 0 Å². The summed E-state index contributed by atoms with van der Waals surface area (Å²) in [5.74, 6) is 0.504. The molecule has 0 saturated heterocycles. The molecule has 3 rings (SSSR count). The molecule has 1 amide bonds. The minimum atomic E-state index is -0.132. The average Bonchev–Trinajstić information content (AvgIpc) is 3.24. The summed E-state index contributed by atoms with van der Waals surface area (Å²) in [7, 11) is 0. The van der Waals surface area contributed by atoms with Gasteiger partial charge in [0.25, 0.3) is 5.91 Å². The monoisotopic (exact) mass is 332 g/mol. The van der Waals surface area contributed by atoms with Gasteiger partial charge in [-0.25, -0.2) is 4.98 Å². The Bertz CT molecular complexity index is 668. The van der Waals surface area contributed by atoms with E-state index in [4.69, 9.17) is 4.74 Å². The second kappa shape index (κ2) is 7.50. The lowest BCUT2D eigenvalue weighted by atomic mass is 10.2. The summed E-state index contributed by atoms with van der Waals surface area (Å²) in [6.07, 6.45) is 7.35. The van der Waals surface area contributed by atoms with Gasteiger partial charge in [-0.15, -0.1) is 5.10 Å². The van der Waals surface area contributed by atoms with Crippen molar-refractivity contribution in [1.82, 2.24) is 19.9 Å². The van der Waals surface area contributed by atoms with Crippen LogP contribution in [0.5, 0.6) is 5.88 Å². The summed E-state index contributed by atoms with van der Waals surface area (Å²) in [6, 6.07) is 3.78. The second-order valence-corrected chi connectivity index (χ2v) is 6.37. The molecule has 122 valence electrons. The van der Waals surface area contributed by atoms with E-state index >= 15 is 0 Å². The van der Waals surface area contributed by atoms with E-state index < -0.39 is 0 Å². The van der Waals surface area contributed by atoms with Gasteiger partial charge in [0.15, 0.2) is 0 Å². The Labute approximate surface area is 139 Å². The summed E-state index contributed by atoms with van der Waals surface area (Å²) in [6.45, 7) is 2.40. The van der Waals surface area contributed by atoms with Crippen LogP contribution >= 0.6 is 11.5 Å². The minimum absolute atomic E-state index is 0.132. The Morgan fingerprint density at radius 1 is 1.43 bits per heavy atom. The highest BCUT2D eigenvalue weighted by Gasteiger charge is 2.17. The third-order valence-electron chi connectivity index (χ3n) is 3.94. The van der Waals surface area contributed by atoms with Gasteiger partial charge >= 0.3 is 0 Å². The van der Waals surface area contributed by atoms with Gasteiger partial charge in [0.1, 0.15) is 11.0 Å². The van der Waals surface area contributed by atoms with Crippen LogP contribution in [0.2, 0.25) is 0 Å². The number of aryl methyl sites for hydroxylation is 1. The van der Waals surface area contributed by atoms with E-state index in [1.165, 1.54) is 12.8 Å². The standard InChI is InChI=1S/C16H20N4O2S/c1-2-13-15(23-20-19-13)16(21)18-10-11-7-8-17-14(9-11)22-12-5-3-4-6-12/h7-9,12H,2-6,10H2,1H3,(H,18,21). The van der Waals surface area contributed by atoms with Crippen molar-refractivity contribution in [3.05, 3.63) is 34.5 Å². The van der Waals surface area contributed by atoms with Crippen LogP contribution in [-0.4, -0.2) is 26.6 Å². The molecule has 0 unspecified atom stereocenters. The molecule has 1 saturated carbocycles. The fourth-order valence-corrected chi connectivity index (χ4v) is 3.34. The van der Waals surface area contributed by atoms with Gasteiger partial charge < -0.3 is 10.1 Å². The van der Waals surface area contributed by atoms with Gasteiger partial charge in [0, 0.05) is 18.8 Å². The largest absolute Gasteiger partial charge is 0.474 e. The highest BCUT2D eigenvalue weighted by molar-refractivity contribution is 7.08. The van der Waals surface area contributed by atoms with Crippen molar-refractivity contribution in [2.45, 2.75) is 51.7 Å². The van der Waals surface area contributed by atoms with Crippen molar-refractivity contribution < 1.29 is 9.53 Å². The molecular weight excluding hydrogens is 312 g/mol. The first-order valence-electron chi connectivity index (χ1n) is 7.97. The van der Waals surface area contributed by atoms with E-state index in [1.54, 1.807) is 6.20 Å². The maximum atomic E-state index is 12.2. The molecular formula is C16H20N4O2S. The number of aromatic nitrogens is 3. The number of amides is 1. The molecule has 0 atom stereocenters. The predicted octanol–water partition coefficient (Wildman–Crippen LogP) is 2.75. The average molecular weight is 332 g/mol. The van der Waals surface area contributed by atoms with Crippen LogP contribution in [0.15, 0.2) is 18.3 Å². The second-order valence-electron chi connectivity index (χ2n) is 5.61. The van der Waals surface area contributed by atoms with Crippen molar-refractivity contribution in [2.24, 2.45) is 0 Å². The highest BCUT2D eigenvalue weighted by atomic mass is 32.1. The van der Waals surface area contributed by atoms with Crippen LogP contribution in [0, 0.1) is 0 Å². The minimum Gasteiger partial charge on any atom is -0.474 e. The summed E-state index contributed by atoms with van der Waals surface area (Å²) >= 11 is 1.13. The van der Waals surface area contributed by atoms with Gasteiger partial charge in [-0.1, -0.05) is 11.4 Å². The molecule has 1 N–H and O–H groups in total. The molecule has 0 radical (unpaired) electrons. The van der Waals surface area contributed by atoms with Crippen LogP contribution in [0.3, 0.4) is 0 Å². The molecule has 1 fully saturated rings. The number of hydrogen-bond acceptors (Lipinski definition) is 6. The van der Waals surface area contributed by atoms with Crippen molar-refractivity contribution in [3.63, 3.8) is 0 Å². The SMILES string of the molecule is CCc1nnsc1C(=O)NCc1ccnc(OC2CCCC2)c1. The molecule has 0 aromatic carbocycles. The number of carbonyl (C=O) groups is 1. The van der Waals surface area contributed by atoms with E-state index in [9.17, 15) is 4.79 Å². The molecule has 1 aliphatic rings. The first-order chi connectivity index (χ1) is 11.3. The zero-order chi connectivity index (χ0) is 16.1. The normalized spacial score (nSPS) is 14.8. The number of hydrogen-bond donors (Lipinski definition) is 1. The van der Waals surface area contributed by atoms with Crippen molar-refractivity contribution >= 4 is 17.4 Å². The quantitative estimate of drug-likeness (QED) is 0.880. The Hall–Kier alpha value is -2.02. The maximum Gasteiger partial charge on any atom is 0.265 e. The van der Waals surface area contributed by atoms with Crippen LogP contribution < -0.4 is 10.1 Å². The number of ether oxygens (including phenoxy) is 1. The smallest absolute Gasteiger partial charge is 0.265 e. The molecule has 2 heterocycles. The molecule has 23 heavy (non-hydrogen) atoms. The summed E-state index contributed by atoms with van der Waals surface area (Å²) in [5, 5.41) is 6.86. The van der Waals surface area contributed by atoms with Crippen molar-refractivity contribution in [3.8, 4) is 5.88 Å². The molecule has 2 aromatic rings. The zero-order valence-electron chi connectivity index (χ0n) is 13.1. The lowest BCUT2D eigenvalue weighted by Crippen LogP contribution is -2.23. The van der Waals surface area contributed by atoms with Gasteiger partial charge in [0.2, 0.25) is 5.88 Å². The van der Waals surface area contributed by atoms with E-state index in [0.29, 0.717) is 23.7 Å². The number of nitrogens with one attached hydrogen (secondary N) is 1. The van der Waals surface area contributed by atoms with Crippen LogP contribution in [0.4, 0.5) is 0 Å². The topological polar surface area (TPSA) is 77.0 Å². The van der Waals surface area contributed by atoms with Gasteiger partial charge in [0.05, 0.1) is 5.69 Å². The number of rotatable bonds is 6.